The molecule has 1 atom stereocenters. The first-order chi connectivity index (χ1) is 13.3. The normalized spacial score (nSPS) is 16.5. The van der Waals surface area contributed by atoms with Crippen molar-refractivity contribution in [2.24, 2.45) is 0 Å². The van der Waals surface area contributed by atoms with Gasteiger partial charge in [-0.1, -0.05) is 6.07 Å². The van der Waals surface area contributed by atoms with E-state index in [1.165, 1.54) is 17.8 Å². The number of carbonyl (C=O) groups is 1. The predicted octanol–water partition coefficient (Wildman–Crippen LogP) is 5.16. The summed E-state index contributed by atoms with van der Waals surface area (Å²) < 4.78 is 42.1. The highest BCUT2D eigenvalue weighted by Crippen LogP contribution is 2.37. The Morgan fingerprint density at radius 2 is 2.11 bits per heavy atom. The second kappa shape index (κ2) is 8.63. The second-order valence-electron chi connectivity index (χ2n) is 7.04. The zero-order valence-electron chi connectivity index (χ0n) is 15.3. The molecule has 7 heteroatoms. The molecule has 0 amide bonds. The maximum Gasteiger partial charge on any atom is 0.392 e. The lowest BCUT2D eigenvalue weighted by atomic mass is 9.79. The number of ether oxygens (including phenoxy) is 1. The summed E-state index contributed by atoms with van der Waals surface area (Å²) in [5.74, 6) is -0.207. The fraction of sp³-hybridized carbons (Fsp3) is 0.429. The Hall–Kier alpha value is -2.57. The third-order valence-corrected chi connectivity index (χ3v) is 5.10. The lowest BCUT2D eigenvalue weighted by molar-refractivity contribution is -0.139. The highest BCUT2D eigenvalue weighted by Gasteiger charge is 2.27. The van der Waals surface area contributed by atoms with Gasteiger partial charge in [0, 0.05) is 12.4 Å². The van der Waals surface area contributed by atoms with Crippen molar-refractivity contribution in [3.63, 3.8) is 0 Å². The van der Waals surface area contributed by atoms with Crippen molar-refractivity contribution >= 4 is 5.97 Å². The molecule has 4 nitrogen and oxygen atoms in total. The van der Waals surface area contributed by atoms with E-state index in [-0.39, 0.29) is 18.1 Å². The van der Waals surface area contributed by atoms with Gasteiger partial charge in [-0.15, -0.1) is 0 Å². The molecule has 0 saturated carbocycles. The summed E-state index contributed by atoms with van der Waals surface area (Å²) in [7, 11) is 0. The number of carboxylic acid groups (broad SMARTS) is 1. The molecule has 3 rings (SSSR count). The lowest BCUT2D eigenvalue weighted by Gasteiger charge is -2.26. The molecule has 28 heavy (non-hydrogen) atoms. The third kappa shape index (κ3) is 5.24. The zero-order valence-corrected chi connectivity index (χ0v) is 15.3. The molecule has 2 aromatic rings. The van der Waals surface area contributed by atoms with Gasteiger partial charge < -0.3 is 9.84 Å². The number of aryl methyl sites for hydroxylation is 2. The molecular formula is C21H22F3NO3. The molecule has 0 radical (unpaired) electrons. The van der Waals surface area contributed by atoms with Crippen LogP contribution in [0.5, 0.6) is 5.75 Å². The summed E-state index contributed by atoms with van der Waals surface area (Å²) in [5.41, 5.74) is 3.27. The van der Waals surface area contributed by atoms with E-state index < -0.39 is 18.6 Å². The second-order valence-corrected chi connectivity index (χ2v) is 7.04. The molecular weight excluding hydrogens is 371 g/mol. The average Bonchev–Trinajstić information content (AvgIpc) is 2.65. The van der Waals surface area contributed by atoms with Crippen molar-refractivity contribution in [2.45, 2.75) is 50.6 Å². The van der Waals surface area contributed by atoms with E-state index in [2.05, 4.69) is 4.98 Å². The zero-order chi connectivity index (χ0) is 20.1. The van der Waals surface area contributed by atoms with Crippen LogP contribution >= 0.6 is 0 Å². The Balaban J connectivity index is 1.66. The highest BCUT2D eigenvalue weighted by molar-refractivity contribution is 5.89. The number of fused-ring (bicyclic) bond motifs is 1. The van der Waals surface area contributed by atoms with Crippen LogP contribution in [0.1, 0.15) is 58.6 Å². The van der Waals surface area contributed by atoms with Crippen LogP contribution in [0.4, 0.5) is 13.2 Å². The van der Waals surface area contributed by atoms with Gasteiger partial charge in [0.25, 0.3) is 0 Å². The number of benzene rings is 1. The van der Waals surface area contributed by atoms with E-state index in [9.17, 15) is 23.1 Å². The molecule has 1 aliphatic rings. The monoisotopic (exact) mass is 393 g/mol. The van der Waals surface area contributed by atoms with Gasteiger partial charge in [-0.2, -0.15) is 13.2 Å². The quantitative estimate of drug-likeness (QED) is 0.706. The molecule has 0 fully saturated rings. The van der Waals surface area contributed by atoms with Crippen molar-refractivity contribution < 1.29 is 27.8 Å². The topological polar surface area (TPSA) is 59.4 Å². The third-order valence-electron chi connectivity index (χ3n) is 5.10. The predicted molar refractivity (Wildman–Crippen MR) is 97.8 cm³/mol. The van der Waals surface area contributed by atoms with Crippen LogP contribution in [0.2, 0.25) is 0 Å². The molecule has 0 spiro atoms. The Morgan fingerprint density at radius 1 is 1.29 bits per heavy atom. The van der Waals surface area contributed by atoms with E-state index in [4.69, 9.17) is 4.74 Å². The Kier molecular flexibility index (Phi) is 6.21. The maximum absolute atomic E-state index is 12.3. The molecule has 0 unspecified atom stereocenters. The summed E-state index contributed by atoms with van der Waals surface area (Å²) in [6.07, 6.45) is 2.16. The van der Waals surface area contributed by atoms with Gasteiger partial charge >= 0.3 is 12.1 Å². The van der Waals surface area contributed by atoms with Crippen LogP contribution in [-0.4, -0.2) is 28.8 Å². The molecule has 1 aromatic carbocycles. The number of nitrogens with zero attached hydrogens (tertiary/aromatic N) is 1. The fourth-order valence-corrected chi connectivity index (χ4v) is 3.73. The van der Waals surface area contributed by atoms with Crippen LogP contribution in [0.15, 0.2) is 36.7 Å². The van der Waals surface area contributed by atoms with E-state index in [1.54, 1.807) is 12.3 Å². The van der Waals surface area contributed by atoms with Gasteiger partial charge in [0.1, 0.15) is 5.75 Å². The van der Waals surface area contributed by atoms with E-state index in [0.29, 0.717) is 17.7 Å². The Morgan fingerprint density at radius 3 is 2.86 bits per heavy atom. The number of halogens is 3. The first kappa shape index (κ1) is 20.2. The molecule has 0 bridgehead atoms. The summed E-state index contributed by atoms with van der Waals surface area (Å²) in [5, 5.41) is 9.30. The SMILES string of the molecule is O=C(O)c1ccncc1CC[C@@H]1CCCc2cc(OCCC(F)(F)F)ccc21. The number of alkyl halides is 3. The molecule has 1 aliphatic carbocycles. The largest absolute Gasteiger partial charge is 0.493 e. The summed E-state index contributed by atoms with van der Waals surface area (Å²) in [6, 6.07) is 7.01. The van der Waals surface area contributed by atoms with Gasteiger partial charge in [0.05, 0.1) is 18.6 Å². The number of pyridine rings is 1. The Bertz CT molecular complexity index is 836. The molecule has 0 aliphatic heterocycles. The van der Waals surface area contributed by atoms with Gasteiger partial charge in [-0.05, 0) is 72.9 Å². The smallest absolute Gasteiger partial charge is 0.392 e. The number of hydrogen-bond acceptors (Lipinski definition) is 3. The first-order valence-corrected chi connectivity index (χ1v) is 9.32. The van der Waals surface area contributed by atoms with E-state index in [0.717, 1.165) is 31.2 Å². The van der Waals surface area contributed by atoms with Crippen molar-refractivity contribution in [2.75, 3.05) is 6.61 Å². The van der Waals surface area contributed by atoms with Crippen LogP contribution < -0.4 is 4.74 Å². The maximum atomic E-state index is 12.3. The summed E-state index contributed by atoms with van der Waals surface area (Å²) >= 11 is 0. The molecule has 150 valence electrons. The van der Waals surface area contributed by atoms with Gasteiger partial charge in [0.15, 0.2) is 0 Å². The van der Waals surface area contributed by atoms with Crippen molar-refractivity contribution in [3.05, 3.63) is 58.9 Å². The molecule has 1 N–H and O–H groups in total. The number of carboxylic acids is 1. The minimum absolute atomic E-state index is 0.277. The molecule has 0 saturated heterocycles. The van der Waals surface area contributed by atoms with Crippen molar-refractivity contribution in [1.29, 1.82) is 0 Å². The molecule has 1 heterocycles. The van der Waals surface area contributed by atoms with Crippen LogP contribution in [0, 0.1) is 0 Å². The van der Waals surface area contributed by atoms with Crippen molar-refractivity contribution in [3.8, 4) is 5.75 Å². The summed E-state index contributed by atoms with van der Waals surface area (Å²) in [6.45, 7) is -0.384. The Labute approximate surface area is 161 Å². The first-order valence-electron chi connectivity index (χ1n) is 9.32. The minimum atomic E-state index is -4.22. The average molecular weight is 393 g/mol. The number of aromatic carboxylic acids is 1. The van der Waals surface area contributed by atoms with Gasteiger partial charge in [0.2, 0.25) is 0 Å². The number of aromatic nitrogens is 1. The lowest BCUT2D eigenvalue weighted by Crippen LogP contribution is -2.14. The summed E-state index contributed by atoms with van der Waals surface area (Å²) in [4.78, 5) is 15.4. The molecule has 1 aromatic heterocycles. The van der Waals surface area contributed by atoms with Gasteiger partial charge in [-0.3, -0.25) is 4.98 Å². The van der Waals surface area contributed by atoms with E-state index >= 15 is 0 Å². The van der Waals surface area contributed by atoms with Gasteiger partial charge in [-0.25, -0.2) is 4.79 Å². The van der Waals surface area contributed by atoms with Crippen LogP contribution in [-0.2, 0) is 12.8 Å². The standard InChI is InChI=1S/C21H22F3NO3/c22-21(23,24)9-11-28-17-6-7-18-14(2-1-3-15(18)12-17)4-5-16-13-25-10-8-19(16)20(26)27/h6-8,10,12-14H,1-5,9,11H2,(H,26,27)/t14-/m0/s1. The van der Waals surface area contributed by atoms with Crippen LogP contribution in [0.25, 0.3) is 0 Å². The number of rotatable bonds is 7. The van der Waals surface area contributed by atoms with Crippen molar-refractivity contribution in [1.82, 2.24) is 4.98 Å². The van der Waals surface area contributed by atoms with E-state index in [1.807, 2.05) is 12.1 Å². The number of hydrogen-bond donors (Lipinski definition) is 1. The minimum Gasteiger partial charge on any atom is -0.493 e. The highest BCUT2D eigenvalue weighted by atomic mass is 19.4. The van der Waals surface area contributed by atoms with Crippen LogP contribution in [0.3, 0.4) is 0 Å². The fourth-order valence-electron chi connectivity index (χ4n) is 3.73.